The third-order valence-corrected chi connectivity index (χ3v) is 3.45. The summed E-state index contributed by atoms with van der Waals surface area (Å²) in [5.74, 6) is -0.579. The van der Waals surface area contributed by atoms with Crippen LogP contribution in [-0.2, 0) is 4.74 Å². The van der Waals surface area contributed by atoms with Crippen LogP contribution in [0.1, 0.15) is 47.9 Å². The molecule has 2 heterocycles. The molecule has 0 saturated carbocycles. The summed E-state index contributed by atoms with van der Waals surface area (Å²) in [6.07, 6.45) is 4.36. The molecule has 1 aliphatic heterocycles. The van der Waals surface area contributed by atoms with E-state index < -0.39 is 5.97 Å². The number of rotatable bonds is 2. The molecule has 1 fully saturated rings. The number of hydrogen-bond donors (Lipinski definition) is 2. The fourth-order valence-corrected chi connectivity index (χ4v) is 2.43. The first-order valence-electron chi connectivity index (χ1n) is 6.28. The lowest BCUT2D eigenvalue weighted by Gasteiger charge is -2.17. The highest BCUT2D eigenvalue weighted by molar-refractivity contribution is 6.30. The lowest BCUT2D eigenvalue weighted by molar-refractivity contribution is 0.0595. The standard InChI is InChI=1S/C12H17ClN4O2/c1-19-12(18)9-11(14)17-8(10(13)16-9)7-5-3-2-4-6-15-7/h7,15H,2-6H2,1H3,(H2,14,17). The van der Waals surface area contributed by atoms with Crippen LogP contribution in [0.15, 0.2) is 0 Å². The highest BCUT2D eigenvalue weighted by Crippen LogP contribution is 2.27. The van der Waals surface area contributed by atoms with Gasteiger partial charge in [-0.2, -0.15) is 0 Å². The summed E-state index contributed by atoms with van der Waals surface area (Å²) in [6.45, 7) is 0.918. The van der Waals surface area contributed by atoms with Crippen LogP contribution in [0.5, 0.6) is 0 Å². The molecule has 0 amide bonds. The van der Waals surface area contributed by atoms with Gasteiger partial charge in [0.1, 0.15) is 0 Å². The van der Waals surface area contributed by atoms with E-state index in [1.165, 1.54) is 13.5 Å². The molecule has 104 valence electrons. The Bertz CT molecular complexity index is 473. The van der Waals surface area contributed by atoms with Crippen LogP contribution in [-0.4, -0.2) is 29.6 Å². The maximum absolute atomic E-state index is 11.5. The van der Waals surface area contributed by atoms with Crippen molar-refractivity contribution < 1.29 is 9.53 Å². The summed E-state index contributed by atoms with van der Waals surface area (Å²) in [7, 11) is 1.26. The van der Waals surface area contributed by atoms with Gasteiger partial charge in [0, 0.05) is 0 Å². The number of carbonyl (C=O) groups is 1. The quantitative estimate of drug-likeness (QED) is 0.804. The summed E-state index contributed by atoms with van der Waals surface area (Å²) in [5, 5.41) is 3.57. The molecule has 1 unspecified atom stereocenters. The summed E-state index contributed by atoms with van der Waals surface area (Å²) in [4.78, 5) is 19.7. The molecular weight excluding hydrogens is 268 g/mol. The van der Waals surface area contributed by atoms with Gasteiger partial charge < -0.3 is 15.8 Å². The first kappa shape index (κ1) is 14.0. The van der Waals surface area contributed by atoms with E-state index in [4.69, 9.17) is 17.3 Å². The van der Waals surface area contributed by atoms with Gasteiger partial charge in [0.2, 0.25) is 0 Å². The summed E-state index contributed by atoms with van der Waals surface area (Å²) in [6, 6.07) is 0.0384. The number of nitrogens with one attached hydrogen (secondary N) is 1. The minimum absolute atomic E-state index is 0.0372. The summed E-state index contributed by atoms with van der Waals surface area (Å²) < 4.78 is 4.58. The molecule has 2 rings (SSSR count). The van der Waals surface area contributed by atoms with Crippen molar-refractivity contribution in [2.75, 3.05) is 19.4 Å². The van der Waals surface area contributed by atoms with Crippen molar-refractivity contribution in [1.82, 2.24) is 15.3 Å². The largest absolute Gasteiger partial charge is 0.464 e. The predicted molar refractivity (Wildman–Crippen MR) is 72.0 cm³/mol. The molecule has 0 spiro atoms. The zero-order valence-electron chi connectivity index (χ0n) is 10.8. The lowest BCUT2D eigenvalue weighted by Crippen LogP contribution is -2.23. The third kappa shape index (κ3) is 3.13. The highest BCUT2D eigenvalue weighted by atomic mass is 35.5. The van der Waals surface area contributed by atoms with Crippen LogP contribution in [0.25, 0.3) is 0 Å². The number of aromatic nitrogens is 2. The molecule has 1 aliphatic rings. The van der Waals surface area contributed by atoms with Crippen LogP contribution in [0.3, 0.4) is 0 Å². The Labute approximate surface area is 116 Å². The Morgan fingerprint density at radius 3 is 2.95 bits per heavy atom. The van der Waals surface area contributed by atoms with Gasteiger partial charge >= 0.3 is 5.97 Å². The minimum atomic E-state index is -0.632. The smallest absolute Gasteiger partial charge is 0.360 e. The number of halogens is 1. The lowest BCUT2D eigenvalue weighted by atomic mass is 10.1. The van der Waals surface area contributed by atoms with Gasteiger partial charge in [0.25, 0.3) is 0 Å². The minimum Gasteiger partial charge on any atom is -0.464 e. The van der Waals surface area contributed by atoms with Crippen LogP contribution in [0.2, 0.25) is 5.15 Å². The normalized spacial score (nSPS) is 19.8. The third-order valence-electron chi connectivity index (χ3n) is 3.17. The first-order valence-corrected chi connectivity index (χ1v) is 6.66. The van der Waals surface area contributed by atoms with Crippen molar-refractivity contribution in [3.8, 4) is 0 Å². The van der Waals surface area contributed by atoms with Crippen molar-refractivity contribution in [2.45, 2.75) is 31.7 Å². The molecule has 1 atom stereocenters. The van der Waals surface area contributed by atoms with E-state index in [1.54, 1.807) is 0 Å². The van der Waals surface area contributed by atoms with E-state index in [0.29, 0.717) is 5.69 Å². The van der Waals surface area contributed by atoms with Crippen LogP contribution < -0.4 is 11.1 Å². The number of nitrogen functional groups attached to an aromatic ring is 1. The Morgan fingerprint density at radius 2 is 2.21 bits per heavy atom. The van der Waals surface area contributed by atoms with Crippen LogP contribution in [0.4, 0.5) is 5.82 Å². The number of anilines is 1. The molecule has 6 nitrogen and oxygen atoms in total. The molecule has 7 heteroatoms. The van der Waals surface area contributed by atoms with Crippen molar-refractivity contribution >= 4 is 23.4 Å². The molecule has 19 heavy (non-hydrogen) atoms. The molecule has 1 aromatic rings. The van der Waals surface area contributed by atoms with Crippen LogP contribution in [0, 0.1) is 0 Å². The van der Waals surface area contributed by atoms with Gasteiger partial charge in [-0.1, -0.05) is 24.4 Å². The van der Waals surface area contributed by atoms with E-state index in [-0.39, 0.29) is 22.7 Å². The average molecular weight is 285 g/mol. The number of nitrogens with two attached hydrogens (primary N) is 1. The Kier molecular flexibility index (Phi) is 4.55. The molecule has 0 aromatic carbocycles. The molecule has 0 bridgehead atoms. The monoisotopic (exact) mass is 284 g/mol. The zero-order chi connectivity index (χ0) is 13.8. The fourth-order valence-electron chi connectivity index (χ4n) is 2.17. The summed E-state index contributed by atoms with van der Waals surface area (Å²) >= 11 is 6.11. The molecule has 1 aromatic heterocycles. The number of hydrogen-bond acceptors (Lipinski definition) is 6. The molecule has 3 N–H and O–H groups in total. The second-order valence-electron chi connectivity index (χ2n) is 4.48. The Hall–Kier alpha value is -1.40. The number of nitrogens with zero attached hydrogens (tertiary/aromatic N) is 2. The number of ether oxygens (including phenoxy) is 1. The average Bonchev–Trinajstić information content (AvgIpc) is 2.69. The molecular formula is C12H17ClN4O2. The van der Waals surface area contributed by atoms with Crippen molar-refractivity contribution in [3.05, 3.63) is 16.5 Å². The maximum atomic E-state index is 11.5. The predicted octanol–water partition coefficient (Wildman–Crippen LogP) is 1.70. The van der Waals surface area contributed by atoms with Gasteiger partial charge in [0.15, 0.2) is 16.7 Å². The van der Waals surface area contributed by atoms with Gasteiger partial charge in [-0.25, -0.2) is 14.8 Å². The number of carbonyl (C=O) groups excluding carboxylic acids is 1. The number of methoxy groups -OCH3 is 1. The summed E-state index contributed by atoms with van der Waals surface area (Å²) in [5.41, 5.74) is 6.32. The molecule has 1 saturated heterocycles. The van der Waals surface area contributed by atoms with E-state index in [0.717, 1.165) is 25.8 Å². The second kappa shape index (κ2) is 6.16. The van der Waals surface area contributed by atoms with Crippen molar-refractivity contribution in [1.29, 1.82) is 0 Å². The van der Waals surface area contributed by atoms with Gasteiger partial charge in [-0.05, 0) is 19.4 Å². The molecule has 0 aliphatic carbocycles. The van der Waals surface area contributed by atoms with Gasteiger partial charge in [-0.15, -0.1) is 0 Å². The second-order valence-corrected chi connectivity index (χ2v) is 4.84. The Morgan fingerprint density at radius 1 is 1.42 bits per heavy atom. The topological polar surface area (TPSA) is 90.1 Å². The fraction of sp³-hybridized carbons (Fsp3) is 0.583. The van der Waals surface area contributed by atoms with E-state index >= 15 is 0 Å². The number of esters is 1. The Balaban J connectivity index is 2.31. The zero-order valence-corrected chi connectivity index (χ0v) is 11.5. The molecule has 0 radical (unpaired) electrons. The van der Waals surface area contributed by atoms with E-state index in [2.05, 4.69) is 20.0 Å². The van der Waals surface area contributed by atoms with Crippen molar-refractivity contribution in [2.24, 2.45) is 0 Å². The van der Waals surface area contributed by atoms with Gasteiger partial charge in [0.05, 0.1) is 18.8 Å². The van der Waals surface area contributed by atoms with E-state index in [9.17, 15) is 4.79 Å². The van der Waals surface area contributed by atoms with Crippen LogP contribution >= 0.6 is 11.6 Å². The first-order chi connectivity index (χ1) is 9.13. The van der Waals surface area contributed by atoms with E-state index in [1.807, 2.05) is 0 Å². The SMILES string of the molecule is COC(=O)c1nc(Cl)c(C2CCCCCN2)nc1N. The maximum Gasteiger partial charge on any atom is 0.360 e. The highest BCUT2D eigenvalue weighted by Gasteiger charge is 2.23. The van der Waals surface area contributed by atoms with Gasteiger partial charge in [-0.3, -0.25) is 0 Å². The van der Waals surface area contributed by atoms with Crippen molar-refractivity contribution in [3.63, 3.8) is 0 Å².